The van der Waals surface area contributed by atoms with E-state index in [9.17, 15) is 9.59 Å². The monoisotopic (exact) mass is 433 g/mol. The second-order valence-corrected chi connectivity index (χ2v) is 8.27. The molecule has 0 fully saturated rings. The van der Waals surface area contributed by atoms with Gasteiger partial charge >= 0.3 is 0 Å². The minimum Gasteiger partial charge on any atom is -0.344 e. The number of anilines is 1. The van der Waals surface area contributed by atoms with Crippen molar-refractivity contribution in [1.29, 1.82) is 0 Å². The summed E-state index contributed by atoms with van der Waals surface area (Å²) in [4.78, 5) is 26.1. The lowest BCUT2D eigenvalue weighted by molar-refractivity contribution is -0.127. The molecule has 3 heterocycles. The minimum absolute atomic E-state index is 0.179. The molecule has 2 amide bonds. The molecule has 1 unspecified atom stereocenters. The van der Waals surface area contributed by atoms with Crippen LogP contribution in [0.4, 0.5) is 5.82 Å². The molecule has 1 atom stereocenters. The van der Waals surface area contributed by atoms with E-state index in [0.29, 0.717) is 29.4 Å². The summed E-state index contributed by atoms with van der Waals surface area (Å²) in [7, 11) is 0. The van der Waals surface area contributed by atoms with Crippen LogP contribution in [0.25, 0.3) is 10.7 Å². The first-order chi connectivity index (χ1) is 13.9. The first kappa shape index (κ1) is 20.9. The van der Waals surface area contributed by atoms with Crippen LogP contribution in [0.3, 0.4) is 0 Å². The number of aromatic amines is 2. The number of thiophene rings is 1. The Morgan fingerprint density at radius 3 is 2.79 bits per heavy atom. The molecule has 0 aliphatic rings. The third-order valence-electron chi connectivity index (χ3n) is 4.18. The Morgan fingerprint density at radius 2 is 2.14 bits per heavy atom. The fourth-order valence-corrected chi connectivity index (χ4v) is 3.79. The lowest BCUT2D eigenvalue weighted by Gasteiger charge is -2.20. The number of hydrogen-bond donors (Lipinski definition) is 4. The second kappa shape index (κ2) is 9.61. The number of carbonyl (C=O) groups excluding carboxylic acids is 2. The summed E-state index contributed by atoms with van der Waals surface area (Å²) >= 11 is 6.84. The average molecular weight is 434 g/mol. The Morgan fingerprint density at radius 1 is 1.31 bits per heavy atom. The van der Waals surface area contributed by atoms with Crippen LogP contribution in [0.5, 0.6) is 0 Å². The van der Waals surface area contributed by atoms with Crippen LogP contribution in [0, 0.1) is 10.7 Å². The molecule has 4 N–H and O–H groups in total. The molecule has 0 saturated carbocycles. The Bertz CT molecular complexity index is 990. The van der Waals surface area contributed by atoms with Crippen molar-refractivity contribution in [2.24, 2.45) is 5.92 Å². The summed E-state index contributed by atoms with van der Waals surface area (Å²) in [5, 5.41) is 21.0. The maximum atomic E-state index is 12.6. The van der Waals surface area contributed by atoms with Crippen LogP contribution >= 0.6 is 23.6 Å². The van der Waals surface area contributed by atoms with Crippen molar-refractivity contribution in [3.63, 3.8) is 0 Å². The molecule has 29 heavy (non-hydrogen) atoms. The molecule has 3 aromatic rings. The summed E-state index contributed by atoms with van der Waals surface area (Å²) in [5.41, 5.74) is 0. The lowest BCUT2D eigenvalue weighted by Crippen LogP contribution is -2.44. The first-order valence-corrected chi connectivity index (χ1v) is 10.5. The smallest absolute Gasteiger partial charge is 0.248 e. The van der Waals surface area contributed by atoms with Crippen LogP contribution in [-0.4, -0.2) is 42.8 Å². The minimum atomic E-state index is -0.639. The molecule has 0 aromatic carbocycles. The van der Waals surface area contributed by atoms with Gasteiger partial charge in [0.15, 0.2) is 10.6 Å². The van der Waals surface area contributed by atoms with E-state index < -0.39 is 6.04 Å². The fraction of sp³-hybridized carbons (Fsp3) is 0.389. The van der Waals surface area contributed by atoms with Crippen LogP contribution in [0.15, 0.2) is 29.8 Å². The SMILES string of the molecule is CC(C)CC(NC(=O)CCn1c(-c2cccs2)n[nH]c1=S)C(=O)Nc1ccn[nH]1. The van der Waals surface area contributed by atoms with Crippen LogP contribution in [0.2, 0.25) is 0 Å². The molecule has 0 aliphatic heterocycles. The number of aromatic nitrogens is 5. The zero-order valence-electron chi connectivity index (χ0n) is 16.1. The number of H-pyrrole nitrogens is 2. The average Bonchev–Trinajstić information content (AvgIpc) is 3.41. The van der Waals surface area contributed by atoms with Gasteiger partial charge in [-0.1, -0.05) is 19.9 Å². The zero-order chi connectivity index (χ0) is 20.8. The van der Waals surface area contributed by atoms with Gasteiger partial charge in [0.05, 0.1) is 11.1 Å². The van der Waals surface area contributed by atoms with Crippen molar-refractivity contribution in [1.82, 2.24) is 30.3 Å². The van der Waals surface area contributed by atoms with E-state index in [4.69, 9.17) is 12.2 Å². The highest BCUT2D eigenvalue weighted by molar-refractivity contribution is 7.71. The van der Waals surface area contributed by atoms with Crippen LogP contribution in [-0.2, 0) is 16.1 Å². The summed E-state index contributed by atoms with van der Waals surface area (Å²) in [6, 6.07) is 4.90. The van der Waals surface area contributed by atoms with E-state index in [1.165, 1.54) is 0 Å². The zero-order valence-corrected chi connectivity index (χ0v) is 17.8. The van der Waals surface area contributed by atoms with Crippen LogP contribution in [0.1, 0.15) is 26.7 Å². The molecule has 0 spiro atoms. The van der Waals surface area contributed by atoms with E-state index in [1.54, 1.807) is 28.2 Å². The predicted octanol–water partition coefficient (Wildman–Crippen LogP) is 2.95. The maximum absolute atomic E-state index is 12.6. The second-order valence-electron chi connectivity index (χ2n) is 6.94. The standard InChI is InChI=1S/C18H23N7O2S2/c1-11(2)10-12(17(27)21-14-5-7-19-22-14)20-15(26)6-8-25-16(23-24-18(25)28)13-4-3-9-29-13/h3-5,7,9,11-12H,6,8,10H2,1-2H3,(H,20,26)(H,24,28)(H2,19,21,22,27). The van der Waals surface area contributed by atoms with Gasteiger partial charge < -0.3 is 10.6 Å². The van der Waals surface area contributed by atoms with Gasteiger partial charge in [0, 0.05) is 19.0 Å². The van der Waals surface area contributed by atoms with E-state index >= 15 is 0 Å². The Kier molecular flexibility index (Phi) is 6.94. The molecule has 154 valence electrons. The molecule has 0 radical (unpaired) electrons. The molecule has 9 nitrogen and oxygen atoms in total. The van der Waals surface area contributed by atoms with Crippen molar-refractivity contribution in [2.45, 2.75) is 39.3 Å². The number of rotatable bonds is 9. The normalized spacial score (nSPS) is 12.1. The van der Waals surface area contributed by atoms with Gasteiger partial charge in [0.25, 0.3) is 0 Å². The van der Waals surface area contributed by atoms with Crippen molar-refractivity contribution in [3.05, 3.63) is 34.5 Å². The number of amides is 2. The van der Waals surface area contributed by atoms with Gasteiger partial charge in [-0.2, -0.15) is 10.2 Å². The number of hydrogen-bond acceptors (Lipinski definition) is 6. The molecule has 11 heteroatoms. The molecule has 0 bridgehead atoms. The summed E-state index contributed by atoms with van der Waals surface area (Å²) in [5.74, 6) is 0.920. The summed E-state index contributed by atoms with van der Waals surface area (Å²) in [6.07, 6.45) is 2.25. The number of nitrogens with one attached hydrogen (secondary N) is 4. The van der Waals surface area contributed by atoms with Gasteiger partial charge in [-0.25, -0.2) is 0 Å². The lowest BCUT2D eigenvalue weighted by atomic mass is 10.0. The van der Waals surface area contributed by atoms with Gasteiger partial charge in [-0.15, -0.1) is 11.3 Å². The van der Waals surface area contributed by atoms with Gasteiger partial charge in [-0.3, -0.25) is 24.4 Å². The van der Waals surface area contributed by atoms with Crippen molar-refractivity contribution >= 4 is 41.2 Å². The summed E-state index contributed by atoms with van der Waals surface area (Å²) in [6.45, 7) is 4.37. The Labute approximate surface area is 176 Å². The maximum Gasteiger partial charge on any atom is 0.248 e. The highest BCUT2D eigenvalue weighted by Gasteiger charge is 2.22. The molecule has 3 aromatic heterocycles. The Hall–Kier alpha value is -2.79. The molecule has 0 aliphatic carbocycles. The van der Waals surface area contributed by atoms with Gasteiger partial charge in [0.2, 0.25) is 11.8 Å². The van der Waals surface area contributed by atoms with E-state index in [2.05, 4.69) is 31.0 Å². The largest absolute Gasteiger partial charge is 0.344 e. The van der Waals surface area contributed by atoms with Crippen LogP contribution < -0.4 is 10.6 Å². The van der Waals surface area contributed by atoms with E-state index in [0.717, 1.165) is 4.88 Å². The first-order valence-electron chi connectivity index (χ1n) is 9.22. The number of carbonyl (C=O) groups is 2. The van der Waals surface area contributed by atoms with Crippen molar-refractivity contribution in [3.8, 4) is 10.7 Å². The van der Waals surface area contributed by atoms with Gasteiger partial charge in [-0.05, 0) is 36.0 Å². The van der Waals surface area contributed by atoms with E-state index in [-0.39, 0.29) is 24.2 Å². The topological polar surface area (TPSA) is 120 Å². The fourth-order valence-electron chi connectivity index (χ4n) is 2.85. The van der Waals surface area contributed by atoms with E-state index in [1.807, 2.05) is 31.4 Å². The van der Waals surface area contributed by atoms with Crippen molar-refractivity contribution < 1.29 is 9.59 Å². The molecule has 0 saturated heterocycles. The molecular weight excluding hydrogens is 410 g/mol. The Balaban J connectivity index is 1.63. The highest BCUT2D eigenvalue weighted by atomic mass is 32.1. The third kappa shape index (κ3) is 5.61. The van der Waals surface area contributed by atoms with Gasteiger partial charge in [0.1, 0.15) is 11.9 Å². The highest BCUT2D eigenvalue weighted by Crippen LogP contribution is 2.22. The quantitative estimate of drug-likeness (QED) is 0.387. The molecule has 3 rings (SSSR count). The third-order valence-corrected chi connectivity index (χ3v) is 5.36. The molecular formula is C18H23N7O2S2. The number of nitrogens with zero attached hydrogens (tertiary/aromatic N) is 3. The predicted molar refractivity (Wildman–Crippen MR) is 114 cm³/mol. The van der Waals surface area contributed by atoms with Crippen molar-refractivity contribution in [2.75, 3.05) is 5.32 Å². The summed E-state index contributed by atoms with van der Waals surface area (Å²) < 4.78 is 2.25.